The van der Waals surface area contributed by atoms with Crippen LogP contribution in [-0.4, -0.2) is 30.3 Å². The number of aryl methyl sites for hydroxylation is 1. The lowest BCUT2D eigenvalue weighted by Gasteiger charge is -2.33. The van der Waals surface area contributed by atoms with Gasteiger partial charge in [-0.25, -0.2) is 20.0 Å². The van der Waals surface area contributed by atoms with E-state index in [9.17, 15) is 5.21 Å². The van der Waals surface area contributed by atoms with E-state index in [2.05, 4.69) is 57.4 Å². The molecule has 6 heteroatoms. The van der Waals surface area contributed by atoms with Crippen molar-refractivity contribution in [3.05, 3.63) is 78.9 Å². The first-order valence-corrected chi connectivity index (χ1v) is 9.64. The van der Waals surface area contributed by atoms with Gasteiger partial charge in [0.15, 0.2) is 11.5 Å². The Kier molecular flexibility index (Phi) is 4.14. The number of hydrogen-bond donors (Lipinski definition) is 1. The molecule has 144 valence electrons. The molecule has 0 fully saturated rings. The molecule has 2 aromatic carbocycles. The van der Waals surface area contributed by atoms with E-state index in [-0.39, 0.29) is 0 Å². The second-order valence-electron chi connectivity index (χ2n) is 7.55. The van der Waals surface area contributed by atoms with E-state index >= 15 is 0 Å². The summed E-state index contributed by atoms with van der Waals surface area (Å²) in [4.78, 5) is 12.8. The monoisotopic (exact) mass is 383 g/mol. The topological polar surface area (TPSA) is 67.1 Å². The molecule has 1 unspecified atom stereocenters. The van der Waals surface area contributed by atoms with Crippen LogP contribution in [0.1, 0.15) is 18.9 Å². The number of nitrogens with zero attached hydrogens (tertiary/aromatic N) is 5. The minimum absolute atomic E-state index is 0.483. The minimum atomic E-state index is -0.599. The van der Waals surface area contributed by atoms with E-state index in [4.69, 9.17) is 0 Å². The Hall–Kier alpha value is -3.51. The highest BCUT2D eigenvalue weighted by molar-refractivity contribution is 5.84. The van der Waals surface area contributed by atoms with Crippen molar-refractivity contribution in [2.75, 3.05) is 5.06 Å². The Bertz CT molecular complexity index is 1180. The third kappa shape index (κ3) is 3.07. The molecule has 6 nitrogen and oxygen atoms in total. The van der Waals surface area contributed by atoms with Crippen molar-refractivity contribution in [1.82, 2.24) is 19.5 Å². The minimum Gasteiger partial charge on any atom is -0.326 e. The number of imidazole rings is 1. The van der Waals surface area contributed by atoms with Gasteiger partial charge >= 0.3 is 0 Å². The molecule has 0 saturated carbocycles. The Morgan fingerprint density at radius 3 is 2.52 bits per heavy atom. The van der Waals surface area contributed by atoms with Crippen LogP contribution in [0, 0.1) is 0 Å². The fourth-order valence-electron chi connectivity index (χ4n) is 3.76. The van der Waals surface area contributed by atoms with E-state index < -0.39 is 5.54 Å². The average molecular weight is 383 g/mol. The third-order valence-electron chi connectivity index (χ3n) is 5.59. The van der Waals surface area contributed by atoms with E-state index in [1.54, 1.807) is 6.33 Å². The zero-order valence-corrected chi connectivity index (χ0v) is 16.1. The van der Waals surface area contributed by atoms with Crippen molar-refractivity contribution in [3.63, 3.8) is 0 Å². The zero-order chi connectivity index (χ0) is 19.8. The van der Waals surface area contributed by atoms with Crippen LogP contribution in [0.5, 0.6) is 0 Å². The first kappa shape index (κ1) is 17.6. The molecular weight excluding hydrogens is 362 g/mol. The maximum Gasteiger partial charge on any atom is 0.183 e. The van der Waals surface area contributed by atoms with Gasteiger partial charge in [0.1, 0.15) is 11.8 Å². The number of anilines is 1. The second-order valence-corrected chi connectivity index (χ2v) is 7.55. The van der Waals surface area contributed by atoms with Crippen molar-refractivity contribution in [2.24, 2.45) is 0 Å². The number of rotatable bonds is 3. The van der Waals surface area contributed by atoms with Gasteiger partial charge in [0.2, 0.25) is 0 Å². The molecule has 0 amide bonds. The molecule has 1 atom stereocenters. The van der Waals surface area contributed by atoms with Gasteiger partial charge in [0.25, 0.3) is 0 Å². The molecule has 2 aromatic heterocycles. The molecule has 1 aliphatic heterocycles. The van der Waals surface area contributed by atoms with Crippen molar-refractivity contribution in [1.29, 1.82) is 0 Å². The van der Waals surface area contributed by atoms with E-state index in [1.807, 2.05) is 35.8 Å². The number of hydroxylamine groups is 1. The summed E-state index contributed by atoms with van der Waals surface area (Å²) >= 11 is 0. The maximum atomic E-state index is 11.0. The molecule has 0 radical (unpaired) electrons. The van der Waals surface area contributed by atoms with Crippen LogP contribution in [0.25, 0.3) is 28.4 Å². The van der Waals surface area contributed by atoms with Crippen LogP contribution in [-0.2, 0) is 6.54 Å². The summed E-state index contributed by atoms with van der Waals surface area (Å²) in [6.07, 6.45) is 8.00. The summed E-state index contributed by atoms with van der Waals surface area (Å²) in [5, 5.41) is 12.3. The molecule has 0 bridgehead atoms. The van der Waals surface area contributed by atoms with Crippen LogP contribution in [0.4, 0.5) is 5.82 Å². The maximum absolute atomic E-state index is 11.0. The van der Waals surface area contributed by atoms with Gasteiger partial charge in [-0.1, -0.05) is 66.7 Å². The number of aromatic nitrogens is 4. The summed E-state index contributed by atoms with van der Waals surface area (Å²) in [5.74, 6) is 0.483. The van der Waals surface area contributed by atoms with Gasteiger partial charge in [-0.2, -0.15) is 0 Å². The normalized spacial score (nSPS) is 19.0. The molecule has 5 rings (SSSR count). The third-order valence-corrected chi connectivity index (χ3v) is 5.59. The summed E-state index contributed by atoms with van der Waals surface area (Å²) < 4.78 is 2.00. The molecule has 1 N–H and O–H groups in total. The fourth-order valence-corrected chi connectivity index (χ4v) is 3.76. The fraction of sp³-hybridized carbons (Fsp3) is 0.174. The quantitative estimate of drug-likeness (QED) is 0.561. The van der Waals surface area contributed by atoms with E-state index in [0.717, 1.165) is 17.6 Å². The molecular formula is C23H21N5O. The van der Waals surface area contributed by atoms with Gasteiger partial charge in [-0.15, -0.1) is 0 Å². The highest BCUT2D eigenvalue weighted by Gasteiger charge is 2.34. The van der Waals surface area contributed by atoms with E-state index in [0.29, 0.717) is 17.9 Å². The Labute approximate surface area is 168 Å². The van der Waals surface area contributed by atoms with Gasteiger partial charge in [-0.3, -0.25) is 5.21 Å². The standard InChI is InChI=1S/C23H21N5O/c1-23(12-11-17-7-9-19(10-8-17)18-5-3-2-4-6-18)13-14-27-16-26-21-20(27)22(28(23)29)25-15-24-21/h2-12,15-16,29H,13-14H2,1H3/b12-11+. The Balaban J connectivity index is 1.43. The molecule has 0 aliphatic carbocycles. The Morgan fingerprint density at radius 2 is 1.72 bits per heavy atom. The summed E-state index contributed by atoms with van der Waals surface area (Å²) in [6.45, 7) is 2.73. The average Bonchev–Trinajstić information content (AvgIpc) is 3.16. The SMILES string of the molecule is CC1(/C=C/c2ccc(-c3ccccc3)cc2)CCn2cnc3ncnc(c32)N1O. The summed E-state index contributed by atoms with van der Waals surface area (Å²) in [7, 11) is 0. The van der Waals surface area contributed by atoms with Gasteiger partial charge in [0.05, 0.1) is 11.9 Å². The van der Waals surface area contributed by atoms with Gasteiger partial charge < -0.3 is 4.57 Å². The van der Waals surface area contributed by atoms with Crippen molar-refractivity contribution in [2.45, 2.75) is 25.4 Å². The predicted molar refractivity (Wildman–Crippen MR) is 114 cm³/mol. The Morgan fingerprint density at radius 1 is 0.966 bits per heavy atom. The highest BCUT2D eigenvalue weighted by Crippen LogP contribution is 2.34. The number of hydrogen-bond acceptors (Lipinski definition) is 5. The molecule has 0 saturated heterocycles. The molecule has 1 aliphatic rings. The predicted octanol–water partition coefficient (Wildman–Crippen LogP) is 4.56. The van der Waals surface area contributed by atoms with Gasteiger partial charge in [-0.05, 0) is 30.0 Å². The molecule has 0 spiro atoms. The largest absolute Gasteiger partial charge is 0.326 e. The van der Waals surface area contributed by atoms with Crippen molar-refractivity contribution < 1.29 is 5.21 Å². The number of benzene rings is 2. The summed E-state index contributed by atoms with van der Waals surface area (Å²) in [5.41, 5.74) is 4.22. The lowest BCUT2D eigenvalue weighted by Crippen LogP contribution is -2.43. The van der Waals surface area contributed by atoms with Crippen molar-refractivity contribution >= 4 is 23.1 Å². The second kappa shape index (κ2) is 6.83. The molecule has 3 heterocycles. The zero-order valence-electron chi connectivity index (χ0n) is 16.1. The van der Waals surface area contributed by atoms with Crippen LogP contribution in [0.3, 0.4) is 0 Å². The molecule has 4 aromatic rings. The lowest BCUT2D eigenvalue weighted by atomic mass is 9.95. The van der Waals surface area contributed by atoms with E-state index in [1.165, 1.54) is 22.5 Å². The van der Waals surface area contributed by atoms with Crippen LogP contribution < -0.4 is 5.06 Å². The first-order valence-electron chi connectivity index (χ1n) is 9.64. The van der Waals surface area contributed by atoms with Crippen LogP contribution in [0.2, 0.25) is 0 Å². The van der Waals surface area contributed by atoms with Crippen LogP contribution in [0.15, 0.2) is 73.3 Å². The van der Waals surface area contributed by atoms with Crippen LogP contribution >= 0.6 is 0 Å². The lowest BCUT2D eigenvalue weighted by molar-refractivity contribution is 0.178. The van der Waals surface area contributed by atoms with Crippen molar-refractivity contribution in [3.8, 4) is 11.1 Å². The first-order chi connectivity index (χ1) is 14.1. The molecule has 29 heavy (non-hydrogen) atoms. The highest BCUT2D eigenvalue weighted by atomic mass is 16.5. The summed E-state index contributed by atoms with van der Waals surface area (Å²) in [6, 6.07) is 18.7. The smallest absolute Gasteiger partial charge is 0.183 e. The van der Waals surface area contributed by atoms with Gasteiger partial charge in [0, 0.05) is 6.54 Å².